The van der Waals surface area contributed by atoms with Crippen molar-refractivity contribution < 1.29 is 9.90 Å². The third-order valence-corrected chi connectivity index (χ3v) is 3.85. The number of hydrogen-bond acceptors (Lipinski definition) is 3. The summed E-state index contributed by atoms with van der Waals surface area (Å²) in [6.07, 6.45) is 3.88. The van der Waals surface area contributed by atoms with Gasteiger partial charge in [0.1, 0.15) is 0 Å². The Bertz CT molecular complexity index is 251. The molecule has 2 rings (SSSR count). The van der Waals surface area contributed by atoms with Crippen molar-refractivity contribution in [3.05, 3.63) is 0 Å². The van der Waals surface area contributed by atoms with E-state index in [0.717, 1.165) is 26.1 Å². The van der Waals surface area contributed by atoms with Crippen LogP contribution < -0.4 is 5.32 Å². The second-order valence-corrected chi connectivity index (χ2v) is 4.80. The molecule has 0 aromatic rings. The lowest BCUT2D eigenvalue weighted by Gasteiger charge is -2.50. The molecule has 2 fully saturated rings. The molecule has 0 aromatic carbocycles. The van der Waals surface area contributed by atoms with E-state index in [-0.39, 0.29) is 12.0 Å². The zero-order valence-corrected chi connectivity index (χ0v) is 9.33. The minimum absolute atomic E-state index is 0.0803. The first-order valence-electron chi connectivity index (χ1n) is 5.87. The lowest BCUT2D eigenvalue weighted by molar-refractivity contribution is -0.142. The summed E-state index contributed by atoms with van der Waals surface area (Å²) in [5.41, 5.74) is -0.0803. The van der Waals surface area contributed by atoms with Crippen molar-refractivity contribution >= 4 is 5.97 Å². The number of rotatable bonds is 4. The summed E-state index contributed by atoms with van der Waals surface area (Å²) in [6.45, 7) is 4.96. The normalized spacial score (nSPS) is 30.1. The molecule has 4 nitrogen and oxygen atoms in total. The van der Waals surface area contributed by atoms with E-state index < -0.39 is 5.97 Å². The van der Waals surface area contributed by atoms with Crippen LogP contribution in [0.25, 0.3) is 0 Å². The Morgan fingerprint density at radius 1 is 1.60 bits per heavy atom. The van der Waals surface area contributed by atoms with Crippen LogP contribution in [0.15, 0.2) is 0 Å². The van der Waals surface area contributed by atoms with Gasteiger partial charge in [0.05, 0.1) is 12.0 Å². The number of carbonyl (C=O) groups is 1. The monoisotopic (exact) mass is 212 g/mol. The van der Waals surface area contributed by atoms with Gasteiger partial charge in [-0.3, -0.25) is 9.69 Å². The molecule has 0 saturated carbocycles. The second kappa shape index (κ2) is 4.10. The van der Waals surface area contributed by atoms with Crippen LogP contribution in [-0.2, 0) is 4.79 Å². The van der Waals surface area contributed by atoms with Gasteiger partial charge in [-0.05, 0) is 25.8 Å². The Labute approximate surface area is 90.6 Å². The van der Waals surface area contributed by atoms with Crippen LogP contribution in [0.2, 0.25) is 0 Å². The van der Waals surface area contributed by atoms with E-state index in [9.17, 15) is 4.79 Å². The Hall–Kier alpha value is -0.610. The first-order chi connectivity index (χ1) is 7.18. The molecular formula is C11H20N2O2. The topological polar surface area (TPSA) is 52.6 Å². The molecular weight excluding hydrogens is 192 g/mol. The molecule has 0 radical (unpaired) electrons. The molecule has 2 heterocycles. The number of carboxylic acid groups (broad SMARTS) is 1. The lowest BCUT2D eigenvalue weighted by atomic mass is 9.85. The molecule has 0 amide bonds. The Balaban J connectivity index is 2.07. The minimum atomic E-state index is -0.668. The van der Waals surface area contributed by atoms with E-state index in [1.54, 1.807) is 0 Å². The predicted octanol–water partition coefficient (Wildman–Crippen LogP) is 0.678. The van der Waals surface area contributed by atoms with Gasteiger partial charge >= 0.3 is 5.97 Å². The van der Waals surface area contributed by atoms with E-state index in [2.05, 4.69) is 17.1 Å². The Morgan fingerprint density at radius 3 is 2.80 bits per heavy atom. The molecule has 0 bridgehead atoms. The SMILES string of the molecule is CCC1CCCN1C1(CC(=O)O)CNC1. The molecule has 2 saturated heterocycles. The maximum absolute atomic E-state index is 10.9. The maximum atomic E-state index is 10.9. The number of nitrogens with zero attached hydrogens (tertiary/aromatic N) is 1. The molecule has 2 aliphatic rings. The molecule has 1 unspecified atom stereocenters. The third kappa shape index (κ3) is 1.88. The van der Waals surface area contributed by atoms with Crippen LogP contribution in [0, 0.1) is 0 Å². The smallest absolute Gasteiger partial charge is 0.305 e. The third-order valence-electron chi connectivity index (χ3n) is 3.85. The summed E-state index contributed by atoms with van der Waals surface area (Å²) in [5.74, 6) is -0.668. The highest BCUT2D eigenvalue weighted by molar-refractivity contribution is 5.69. The summed E-state index contributed by atoms with van der Waals surface area (Å²) >= 11 is 0. The highest BCUT2D eigenvalue weighted by Crippen LogP contribution is 2.33. The summed E-state index contributed by atoms with van der Waals surface area (Å²) < 4.78 is 0. The van der Waals surface area contributed by atoms with Gasteiger partial charge in [-0.15, -0.1) is 0 Å². The fourth-order valence-electron chi connectivity index (χ4n) is 3.01. The molecule has 86 valence electrons. The van der Waals surface area contributed by atoms with Gasteiger partial charge in [0.25, 0.3) is 0 Å². The lowest BCUT2D eigenvalue weighted by Crippen LogP contribution is -2.70. The summed E-state index contributed by atoms with van der Waals surface area (Å²) in [6, 6.07) is 0.603. The van der Waals surface area contributed by atoms with Crippen molar-refractivity contribution in [2.45, 2.75) is 44.2 Å². The van der Waals surface area contributed by atoms with Gasteiger partial charge in [-0.1, -0.05) is 6.92 Å². The average molecular weight is 212 g/mol. The molecule has 1 atom stereocenters. The first kappa shape index (κ1) is 10.9. The van der Waals surface area contributed by atoms with Crippen molar-refractivity contribution in [3.8, 4) is 0 Å². The van der Waals surface area contributed by atoms with E-state index >= 15 is 0 Å². The Morgan fingerprint density at radius 2 is 2.33 bits per heavy atom. The molecule has 2 aliphatic heterocycles. The van der Waals surface area contributed by atoms with E-state index in [1.807, 2.05) is 0 Å². The van der Waals surface area contributed by atoms with E-state index in [1.165, 1.54) is 12.8 Å². The zero-order chi connectivity index (χ0) is 10.9. The fraction of sp³-hybridized carbons (Fsp3) is 0.909. The van der Waals surface area contributed by atoms with E-state index in [0.29, 0.717) is 6.04 Å². The molecule has 0 aliphatic carbocycles. The Kier molecular flexibility index (Phi) is 2.98. The summed E-state index contributed by atoms with van der Waals surface area (Å²) in [4.78, 5) is 13.3. The highest BCUT2D eigenvalue weighted by Gasteiger charge is 2.47. The summed E-state index contributed by atoms with van der Waals surface area (Å²) in [7, 11) is 0. The maximum Gasteiger partial charge on any atom is 0.305 e. The number of hydrogen-bond donors (Lipinski definition) is 2. The van der Waals surface area contributed by atoms with Crippen LogP contribution >= 0.6 is 0 Å². The van der Waals surface area contributed by atoms with Crippen LogP contribution in [-0.4, -0.2) is 47.2 Å². The van der Waals surface area contributed by atoms with Crippen molar-refractivity contribution in [1.82, 2.24) is 10.2 Å². The first-order valence-corrected chi connectivity index (χ1v) is 5.87. The zero-order valence-electron chi connectivity index (χ0n) is 9.33. The largest absolute Gasteiger partial charge is 0.481 e. The van der Waals surface area contributed by atoms with Gasteiger partial charge in [-0.2, -0.15) is 0 Å². The van der Waals surface area contributed by atoms with Gasteiger partial charge in [-0.25, -0.2) is 0 Å². The van der Waals surface area contributed by atoms with Gasteiger partial charge < -0.3 is 10.4 Å². The molecule has 0 aromatic heterocycles. The average Bonchev–Trinajstić information content (AvgIpc) is 2.58. The van der Waals surface area contributed by atoms with Crippen LogP contribution in [0.5, 0.6) is 0 Å². The summed E-state index contributed by atoms with van der Waals surface area (Å²) in [5, 5.41) is 12.2. The van der Waals surface area contributed by atoms with Gasteiger partial charge in [0.2, 0.25) is 0 Å². The standard InChI is InChI=1S/C11H20N2O2/c1-2-9-4-3-5-13(9)11(6-10(14)15)7-12-8-11/h9,12H,2-8H2,1H3,(H,14,15). The fourth-order valence-corrected chi connectivity index (χ4v) is 3.01. The molecule has 0 spiro atoms. The second-order valence-electron chi connectivity index (χ2n) is 4.80. The molecule has 15 heavy (non-hydrogen) atoms. The van der Waals surface area contributed by atoms with Gasteiger partial charge in [0, 0.05) is 19.1 Å². The van der Waals surface area contributed by atoms with Crippen molar-refractivity contribution in [2.24, 2.45) is 0 Å². The number of nitrogens with one attached hydrogen (secondary N) is 1. The van der Waals surface area contributed by atoms with Crippen LogP contribution in [0.3, 0.4) is 0 Å². The van der Waals surface area contributed by atoms with E-state index in [4.69, 9.17) is 5.11 Å². The highest BCUT2D eigenvalue weighted by atomic mass is 16.4. The minimum Gasteiger partial charge on any atom is -0.481 e. The van der Waals surface area contributed by atoms with Gasteiger partial charge in [0.15, 0.2) is 0 Å². The van der Waals surface area contributed by atoms with Crippen LogP contribution in [0.1, 0.15) is 32.6 Å². The molecule has 4 heteroatoms. The van der Waals surface area contributed by atoms with Crippen LogP contribution in [0.4, 0.5) is 0 Å². The number of likely N-dealkylation sites (tertiary alicyclic amines) is 1. The van der Waals surface area contributed by atoms with Crippen molar-refractivity contribution in [3.63, 3.8) is 0 Å². The number of aliphatic carboxylic acids is 1. The predicted molar refractivity (Wildman–Crippen MR) is 57.9 cm³/mol. The quantitative estimate of drug-likeness (QED) is 0.719. The van der Waals surface area contributed by atoms with Crippen molar-refractivity contribution in [2.75, 3.05) is 19.6 Å². The number of carboxylic acids is 1. The van der Waals surface area contributed by atoms with Crippen molar-refractivity contribution in [1.29, 1.82) is 0 Å². The molecule has 2 N–H and O–H groups in total.